The van der Waals surface area contributed by atoms with Crippen molar-refractivity contribution in [1.29, 1.82) is 0 Å². The Morgan fingerprint density at radius 2 is 2.08 bits per heavy atom. The summed E-state index contributed by atoms with van der Waals surface area (Å²) in [4.78, 5) is 23.0. The Morgan fingerprint density at radius 3 is 2.86 bits per heavy atom. The molecular formula is C27H30ClN5O4. The summed E-state index contributed by atoms with van der Waals surface area (Å²) in [5.41, 5.74) is 3.70. The molecule has 3 aliphatic heterocycles. The topological polar surface area (TPSA) is 109 Å². The first-order valence-electron chi connectivity index (χ1n) is 12.7. The number of methoxy groups -OCH3 is 1. The average molecular weight is 524 g/mol. The molecule has 3 atom stereocenters. The van der Waals surface area contributed by atoms with Gasteiger partial charge in [-0.2, -0.15) is 0 Å². The fraction of sp³-hybridized carbons (Fsp3) is 0.444. The summed E-state index contributed by atoms with van der Waals surface area (Å²) >= 11 is 6.55. The number of aliphatic hydroxyl groups excluding tert-OH is 1. The predicted molar refractivity (Wildman–Crippen MR) is 140 cm³/mol. The van der Waals surface area contributed by atoms with Gasteiger partial charge >= 0.3 is 0 Å². The lowest BCUT2D eigenvalue weighted by atomic mass is 9.95. The van der Waals surface area contributed by atoms with Crippen LogP contribution in [0.1, 0.15) is 42.9 Å². The number of fused-ring (bicyclic) bond motifs is 4. The maximum atomic E-state index is 11.6. The smallest absolute Gasteiger partial charge is 0.262 e. The molecule has 3 N–H and O–H groups in total. The normalized spacial score (nSPS) is 23.9. The number of rotatable bonds is 7. The molecule has 1 aromatic heterocycles. The fourth-order valence-corrected chi connectivity index (χ4v) is 6.28. The number of anilines is 1. The first kappa shape index (κ1) is 24.4. The van der Waals surface area contributed by atoms with Gasteiger partial charge in [-0.05, 0) is 55.5 Å². The maximum Gasteiger partial charge on any atom is 0.262 e. The zero-order valence-electron chi connectivity index (χ0n) is 20.6. The molecule has 0 spiro atoms. The van der Waals surface area contributed by atoms with Gasteiger partial charge in [0.1, 0.15) is 11.3 Å². The van der Waals surface area contributed by atoms with Crippen LogP contribution in [0.2, 0.25) is 5.02 Å². The van der Waals surface area contributed by atoms with Gasteiger partial charge < -0.3 is 25.2 Å². The van der Waals surface area contributed by atoms with Crippen LogP contribution in [0.4, 0.5) is 5.69 Å². The van der Waals surface area contributed by atoms with Gasteiger partial charge in [0.05, 0.1) is 30.6 Å². The quantitative estimate of drug-likeness (QED) is 0.432. The molecule has 1 amide bonds. The molecule has 3 aliphatic rings. The summed E-state index contributed by atoms with van der Waals surface area (Å²) in [5.74, 6) is 0.979. The van der Waals surface area contributed by atoms with Crippen molar-refractivity contribution in [1.82, 2.24) is 20.2 Å². The number of nitrogens with one attached hydrogen (secondary N) is 2. The molecule has 0 radical (unpaired) electrons. The molecule has 2 bridgehead atoms. The van der Waals surface area contributed by atoms with Gasteiger partial charge in [-0.15, -0.1) is 0 Å². The first-order valence-corrected chi connectivity index (χ1v) is 13.1. The Labute approximate surface area is 220 Å². The largest absolute Gasteiger partial charge is 0.482 e. The number of hydrogen-bond acceptors (Lipinski definition) is 8. The van der Waals surface area contributed by atoms with E-state index in [9.17, 15) is 9.90 Å². The molecule has 3 aromatic rings. The van der Waals surface area contributed by atoms with Gasteiger partial charge in [-0.25, -0.2) is 9.97 Å². The second kappa shape index (κ2) is 10.1. The number of nitrogens with zero attached hydrogens (tertiary/aromatic N) is 3. The monoisotopic (exact) mass is 523 g/mol. The van der Waals surface area contributed by atoms with Crippen LogP contribution in [0, 0.1) is 0 Å². The molecule has 37 heavy (non-hydrogen) atoms. The third-order valence-electron chi connectivity index (χ3n) is 7.76. The van der Waals surface area contributed by atoms with Gasteiger partial charge in [-0.1, -0.05) is 17.7 Å². The van der Waals surface area contributed by atoms with E-state index in [0.29, 0.717) is 57.9 Å². The van der Waals surface area contributed by atoms with E-state index in [1.807, 2.05) is 24.3 Å². The summed E-state index contributed by atoms with van der Waals surface area (Å²) in [6.45, 7) is 1.29. The number of benzene rings is 2. The lowest BCUT2D eigenvalue weighted by molar-refractivity contribution is -0.118. The average Bonchev–Trinajstić information content (AvgIpc) is 3.12. The second-order valence-corrected chi connectivity index (χ2v) is 10.5. The van der Waals surface area contributed by atoms with Gasteiger partial charge in [0.15, 0.2) is 6.61 Å². The third kappa shape index (κ3) is 4.84. The molecule has 2 fully saturated rings. The van der Waals surface area contributed by atoms with Crippen LogP contribution in [0.25, 0.3) is 11.0 Å². The van der Waals surface area contributed by atoms with E-state index in [1.165, 1.54) is 0 Å². The molecule has 194 valence electrons. The number of ether oxygens (including phenoxy) is 2. The van der Waals surface area contributed by atoms with E-state index < -0.39 is 6.10 Å². The standard InChI is InChI=1S/C27H30ClN5O4/c1-36-25-12-30-20-6-5-19(28)26(27(20)32-25)22(34)13-33-17-3-4-18(33)10-16(9-17)29-11-15-2-7-23-21(8-15)31-24(35)14-37-23/h2,5-8,12,16-18,22,29,34H,3-4,9-11,13-14H2,1H3,(H,31,35). The fourth-order valence-electron chi connectivity index (χ4n) is 6.01. The molecule has 2 saturated heterocycles. The molecule has 2 aromatic carbocycles. The number of carbonyl (C=O) groups is 1. The number of piperidine rings is 1. The Balaban J connectivity index is 1.11. The highest BCUT2D eigenvalue weighted by Crippen LogP contribution is 2.39. The molecule has 6 rings (SSSR count). The predicted octanol–water partition coefficient (Wildman–Crippen LogP) is 3.44. The van der Waals surface area contributed by atoms with Crippen LogP contribution >= 0.6 is 11.6 Å². The first-order chi connectivity index (χ1) is 18.0. The summed E-state index contributed by atoms with van der Waals surface area (Å²) in [7, 11) is 1.55. The van der Waals surface area contributed by atoms with Crippen molar-refractivity contribution >= 4 is 34.2 Å². The van der Waals surface area contributed by atoms with E-state index in [0.717, 1.165) is 43.5 Å². The van der Waals surface area contributed by atoms with Gasteiger partial charge in [-0.3, -0.25) is 9.69 Å². The highest BCUT2D eigenvalue weighted by atomic mass is 35.5. The van der Waals surface area contributed by atoms with Crippen LogP contribution in [-0.4, -0.2) is 64.3 Å². The van der Waals surface area contributed by atoms with Crippen molar-refractivity contribution in [2.24, 2.45) is 0 Å². The summed E-state index contributed by atoms with van der Waals surface area (Å²) in [6, 6.07) is 10.7. The van der Waals surface area contributed by atoms with Crippen molar-refractivity contribution in [3.63, 3.8) is 0 Å². The minimum absolute atomic E-state index is 0.0644. The number of aromatic nitrogens is 2. The number of aliphatic hydroxyl groups is 1. The van der Waals surface area contributed by atoms with Crippen LogP contribution in [0.3, 0.4) is 0 Å². The van der Waals surface area contributed by atoms with Crippen LogP contribution in [0.5, 0.6) is 11.6 Å². The second-order valence-electron chi connectivity index (χ2n) is 10.1. The van der Waals surface area contributed by atoms with Crippen molar-refractivity contribution in [2.75, 3.05) is 25.6 Å². The minimum Gasteiger partial charge on any atom is -0.482 e. The Bertz CT molecular complexity index is 1320. The summed E-state index contributed by atoms with van der Waals surface area (Å²) < 4.78 is 10.7. The Kier molecular flexibility index (Phi) is 6.62. The van der Waals surface area contributed by atoms with E-state index in [-0.39, 0.29) is 12.5 Å². The number of amides is 1. The van der Waals surface area contributed by atoms with E-state index >= 15 is 0 Å². The number of halogens is 1. The van der Waals surface area contributed by atoms with Crippen LogP contribution in [0.15, 0.2) is 36.5 Å². The lowest BCUT2D eigenvalue weighted by Crippen LogP contribution is -2.50. The van der Waals surface area contributed by atoms with Crippen LogP contribution < -0.4 is 20.1 Å². The molecule has 0 aliphatic carbocycles. The SMILES string of the molecule is COc1cnc2ccc(Cl)c(C(O)CN3C4CCC3CC(NCc3ccc5c(c3)NC(=O)CO5)C4)c2n1. The van der Waals surface area contributed by atoms with Gasteiger partial charge in [0, 0.05) is 41.8 Å². The maximum absolute atomic E-state index is 11.6. The minimum atomic E-state index is -0.779. The zero-order valence-corrected chi connectivity index (χ0v) is 21.4. The number of hydrogen-bond donors (Lipinski definition) is 3. The zero-order chi connectivity index (χ0) is 25.5. The Morgan fingerprint density at radius 1 is 1.27 bits per heavy atom. The van der Waals surface area contributed by atoms with Gasteiger partial charge in [0.2, 0.25) is 5.88 Å². The molecule has 0 saturated carbocycles. The van der Waals surface area contributed by atoms with Crippen molar-refractivity contribution in [3.8, 4) is 11.6 Å². The van der Waals surface area contributed by atoms with Gasteiger partial charge in [0.25, 0.3) is 5.91 Å². The van der Waals surface area contributed by atoms with Crippen molar-refractivity contribution < 1.29 is 19.4 Å². The third-order valence-corrected chi connectivity index (χ3v) is 8.09. The van der Waals surface area contributed by atoms with Crippen molar-refractivity contribution in [2.45, 2.75) is 56.5 Å². The summed E-state index contributed by atoms with van der Waals surface area (Å²) in [6.07, 6.45) is 5.07. The molecule has 9 nitrogen and oxygen atoms in total. The highest BCUT2D eigenvalue weighted by molar-refractivity contribution is 6.32. The van der Waals surface area contributed by atoms with E-state index in [1.54, 1.807) is 19.4 Å². The Hall–Kier alpha value is -2.98. The highest BCUT2D eigenvalue weighted by Gasteiger charge is 2.41. The molecule has 3 unspecified atom stereocenters. The molecule has 4 heterocycles. The lowest BCUT2D eigenvalue weighted by Gasteiger charge is -2.40. The summed E-state index contributed by atoms with van der Waals surface area (Å²) in [5, 5.41) is 18.4. The van der Waals surface area contributed by atoms with Crippen molar-refractivity contribution in [3.05, 3.63) is 52.7 Å². The number of carbonyl (C=O) groups excluding carboxylic acids is 1. The molecular weight excluding hydrogens is 494 g/mol. The van der Waals surface area contributed by atoms with E-state index in [4.69, 9.17) is 21.1 Å². The van der Waals surface area contributed by atoms with E-state index in [2.05, 4.69) is 25.5 Å². The molecule has 10 heteroatoms. The van der Waals surface area contributed by atoms with Crippen LogP contribution in [-0.2, 0) is 11.3 Å².